The minimum Gasteiger partial charge on any atom is -0.497 e. The van der Waals surface area contributed by atoms with Crippen LogP contribution in [0.15, 0.2) is 29.3 Å². The van der Waals surface area contributed by atoms with Crippen molar-refractivity contribution in [2.45, 2.75) is 50.4 Å². The number of hydrogen-bond donors (Lipinski definition) is 2. The summed E-state index contributed by atoms with van der Waals surface area (Å²) in [6.45, 7) is 1.96. The second-order valence-electron chi connectivity index (χ2n) is 8.38. The first-order chi connectivity index (χ1) is 15.0. The Morgan fingerprint density at radius 2 is 1.94 bits per heavy atom. The number of nitrogens with one attached hydrogen (secondary N) is 2. The van der Waals surface area contributed by atoms with Gasteiger partial charge in [0.15, 0.2) is 11.7 Å². The molecule has 1 aromatic carbocycles. The Labute approximate surface area is 185 Å². The van der Waals surface area contributed by atoms with Gasteiger partial charge in [-0.2, -0.15) is 0 Å². The first kappa shape index (κ1) is 23.3. The van der Waals surface area contributed by atoms with Crippen molar-refractivity contribution in [1.29, 1.82) is 0 Å². The Bertz CT molecular complexity index is 730. The third kappa shape index (κ3) is 7.11. The number of ether oxygens (including phenoxy) is 3. The van der Waals surface area contributed by atoms with Crippen LogP contribution >= 0.6 is 0 Å². The van der Waals surface area contributed by atoms with E-state index in [0.29, 0.717) is 25.7 Å². The summed E-state index contributed by atoms with van der Waals surface area (Å²) in [6.07, 6.45) is 6.34. The molecular weight excluding hydrogens is 396 g/mol. The number of benzene rings is 1. The van der Waals surface area contributed by atoms with E-state index in [9.17, 15) is 4.79 Å². The van der Waals surface area contributed by atoms with Crippen LogP contribution in [0.4, 0.5) is 0 Å². The van der Waals surface area contributed by atoms with E-state index in [1.54, 1.807) is 26.1 Å². The van der Waals surface area contributed by atoms with Gasteiger partial charge in [-0.3, -0.25) is 4.79 Å². The third-order valence-corrected chi connectivity index (χ3v) is 5.76. The summed E-state index contributed by atoms with van der Waals surface area (Å²) >= 11 is 0. The molecule has 2 aliphatic rings. The zero-order valence-electron chi connectivity index (χ0n) is 19.0. The quantitative estimate of drug-likeness (QED) is 0.482. The average molecular weight is 433 g/mol. The molecule has 1 aliphatic heterocycles. The zero-order valence-corrected chi connectivity index (χ0v) is 19.0. The number of rotatable bonds is 8. The van der Waals surface area contributed by atoms with Crippen LogP contribution in [0.25, 0.3) is 0 Å². The molecule has 0 aromatic heterocycles. The number of likely N-dealkylation sites (N-methyl/N-ethyl adjacent to an activating group) is 1. The molecule has 8 heteroatoms. The molecule has 1 spiro atoms. The van der Waals surface area contributed by atoms with Crippen LogP contribution in [0.2, 0.25) is 0 Å². The molecule has 1 amide bonds. The number of amides is 1. The maximum Gasteiger partial charge on any atom is 0.243 e. The molecule has 1 unspecified atom stereocenters. The highest BCUT2D eigenvalue weighted by molar-refractivity contribution is 5.84. The van der Waals surface area contributed by atoms with Gasteiger partial charge in [0, 0.05) is 40.0 Å². The summed E-state index contributed by atoms with van der Waals surface area (Å²) in [5.74, 6) is 1.03. The van der Waals surface area contributed by atoms with Gasteiger partial charge in [0.1, 0.15) is 18.4 Å². The molecule has 0 radical (unpaired) electrons. The van der Waals surface area contributed by atoms with Crippen molar-refractivity contribution in [2.75, 3.05) is 47.4 Å². The molecule has 8 nitrogen and oxygen atoms in total. The lowest BCUT2D eigenvalue weighted by Gasteiger charge is -2.31. The van der Waals surface area contributed by atoms with Gasteiger partial charge < -0.3 is 29.7 Å². The van der Waals surface area contributed by atoms with Crippen LogP contribution in [-0.4, -0.2) is 76.1 Å². The minimum absolute atomic E-state index is 0.0174. The lowest BCUT2D eigenvalue weighted by atomic mass is 9.94. The Hall–Kier alpha value is -2.32. The zero-order chi connectivity index (χ0) is 22.1. The number of carbonyl (C=O) groups is 1. The van der Waals surface area contributed by atoms with Crippen molar-refractivity contribution < 1.29 is 19.0 Å². The normalized spacial score (nSPS) is 20.5. The highest BCUT2D eigenvalue weighted by Crippen LogP contribution is 2.37. The van der Waals surface area contributed by atoms with Gasteiger partial charge >= 0.3 is 0 Å². The van der Waals surface area contributed by atoms with E-state index in [1.807, 2.05) is 24.3 Å². The molecule has 1 saturated heterocycles. The Morgan fingerprint density at radius 3 is 2.61 bits per heavy atom. The topological polar surface area (TPSA) is 84.4 Å². The smallest absolute Gasteiger partial charge is 0.243 e. The lowest BCUT2D eigenvalue weighted by Crippen LogP contribution is -2.43. The molecule has 31 heavy (non-hydrogen) atoms. The maximum atomic E-state index is 12.0. The first-order valence-electron chi connectivity index (χ1n) is 11.2. The largest absolute Gasteiger partial charge is 0.497 e. The third-order valence-electron chi connectivity index (χ3n) is 5.76. The molecule has 1 aromatic rings. The van der Waals surface area contributed by atoms with E-state index in [1.165, 1.54) is 12.0 Å². The highest BCUT2D eigenvalue weighted by Gasteiger charge is 2.42. The maximum absolute atomic E-state index is 12.0. The van der Waals surface area contributed by atoms with Crippen molar-refractivity contribution >= 4 is 11.9 Å². The van der Waals surface area contributed by atoms with Gasteiger partial charge in [-0.05, 0) is 37.0 Å². The Kier molecular flexibility index (Phi) is 8.54. The SMILES string of the molecule is COc1ccc(CCNC(=NCC(=O)N(C)C)NCC2COC3(CCCCC3)O2)cc1. The summed E-state index contributed by atoms with van der Waals surface area (Å²) < 4.78 is 17.5. The number of hydrogen-bond acceptors (Lipinski definition) is 5. The fourth-order valence-corrected chi connectivity index (χ4v) is 3.86. The van der Waals surface area contributed by atoms with Gasteiger partial charge in [-0.15, -0.1) is 0 Å². The van der Waals surface area contributed by atoms with Crippen LogP contribution < -0.4 is 15.4 Å². The van der Waals surface area contributed by atoms with E-state index < -0.39 is 0 Å². The summed E-state index contributed by atoms with van der Waals surface area (Å²) in [6, 6.07) is 8.01. The first-order valence-corrected chi connectivity index (χ1v) is 11.2. The van der Waals surface area contributed by atoms with Crippen molar-refractivity contribution in [3.05, 3.63) is 29.8 Å². The number of nitrogens with zero attached hydrogens (tertiary/aromatic N) is 2. The number of aliphatic imine (C=N–C) groups is 1. The highest BCUT2D eigenvalue weighted by atomic mass is 16.7. The summed E-state index contributed by atoms with van der Waals surface area (Å²) in [7, 11) is 5.12. The van der Waals surface area contributed by atoms with Crippen LogP contribution in [-0.2, 0) is 20.7 Å². The monoisotopic (exact) mass is 432 g/mol. The van der Waals surface area contributed by atoms with E-state index in [4.69, 9.17) is 14.2 Å². The van der Waals surface area contributed by atoms with E-state index in [-0.39, 0.29) is 24.3 Å². The van der Waals surface area contributed by atoms with Gasteiger partial charge in [0.25, 0.3) is 0 Å². The van der Waals surface area contributed by atoms with Crippen LogP contribution in [0.1, 0.15) is 37.7 Å². The van der Waals surface area contributed by atoms with Crippen molar-refractivity contribution in [2.24, 2.45) is 4.99 Å². The number of guanidine groups is 1. The van der Waals surface area contributed by atoms with E-state index in [2.05, 4.69) is 15.6 Å². The predicted octanol–water partition coefficient (Wildman–Crippen LogP) is 1.94. The molecule has 172 valence electrons. The Morgan fingerprint density at radius 1 is 1.19 bits per heavy atom. The second-order valence-corrected chi connectivity index (χ2v) is 8.38. The van der Waals surface area contributed by atoms with Crippen LogP contribution in [0, 0.1) is 0 Å². The molecule has 1 heterocycles. The van der Waals surface area contributed by atoms with Gasteiger partial charge in [-0.25, -0.2) is 4.99 Å². The summed E-state index contributed by atoms with van der Waals surface area (Å²) in [4.78, 5) is 18.0. The van der Waals surface area contributed by atoms with E-state index in [0.717, 1.165) is 37.9 Å². The van der Waals surface area contributed by atoms with E-state index >= 15 is 0 Å². The molecular formula is C23H36N4O4. The molecule has 2 N–H and O–H groups in total. The van der Waals surface area contributed by atoms with Crippen LogP contribution in [0.3, 0.4) is 0 Å². The average Bonchev–Trinajstić information content (AvgIpc) is 3.17. The van der Waals surface area contributed by atoms with Gasteiger partial charge in [-0.1, -0.05) is 18.6 Å². The number of carbonyl (C=O) groups excluding carboxylic acids is 1. The Balaban J connectivity index is 1.50. The molecule has 2 fully saturated rings. The van der Waals surface area contributed by atoms with Crippen molar-refractivity contribution in [1.82, 2.24) is 15.5 Å². The van der Waals surface area contributed by atoms with Crippen LogP contribution in [0.5, 0.6) is 5.75 Å². The number of methoxy groups -OCH3 is 1. The molecule has 0 bridgehead atoms. The second kappa shape index (κ2) is 11.3. The molecule has 3 rings (SSSR count). The predicted molar refractivity (Wildman–Crippen MR) is 120 cm³/mol. The fourth-order valence-electron chi connectivity index (χ4n) is 3.86. The summed E-state index contributed by atoms with van der Waals surface area (Å²) in [5, 5.41) is 6.65. The van der Waals surface area contributed by atoms with Gasteiger partial charge in [0.2, 0.25) is 5.91 Å². The molecule has 1 saturated carbocycles. The van der Waals surface area contributed by atoms with Crippen molar-refractivity contribution in [3.63, 3.8) is 0 Å². The summed E-state index contributed by atoms with van der Waals surface area (Å²) in [5.41, 5.74) is 1.20. The lowest BCUT2D eigenvalue weighted by molar-refractivity contribution is -0.186. The minimum atomic E-state index is -0.384. The van der Waals surface area contributed by atoms with Crippen molar-refractivity contribution in [3.8, 4) is 5.75 Å². The molecule has 1 aliphatic carbocycles. The molecule has 1 atom stereocenters. The van der Waals surface area contributed by atoms with Gasteiger partial charge in [0.05, 0.1) is 13.7 Å². The fraction of sp³-hybridized carbons (Fsp3) is 0.652. The standard InChI is InChI=1S/C23H36N4O4/c1-27(2)21(28)16-26-22(24-14-11-18-7-9-19(29-3)10-8-18)25-15-20-17-30-23(31-20)12-5-4-6-13-23/h7-10,20H,4-6,11-17H2,1-3H3,(H2,24,25,26).